The van der Waals surface area contributed by atoms with E-state index in [4.69, 9.17) is 19.3 Å². The number of aliphatic hydroxyl groups excluding tert-OH is 3. The lowest BCUT2D eigenvalue weighted by Gasteiger charge is -2.38. The molecule has 0 amide bonds. The second kappa shape index (κ2) is 10.7. The quantitative estimate of drug-likeness (QED) is 0.404. The fourth-order valence-electron chi connectivity index (χ4n) is 3.10. The van der Waals surface area contributed by atoms with Crippen molar-refractivity contribution >= 4 is 17.9 Å². The maximum Gasteiger partial charge on any atom is 0.338 e. The van der Waals surface area contributed by atoms with Crippen molar-refractivity contribution in [3.63, 3.8) is 0 Å². The number of ether oxygens (including phenoxy) is 3. The Balaban J connectivity index is 2.05. The third kappa shape index (κ3) is 6.01. The summed E-state index contributed by atoms with van der Waals surface area (Å²) >= 11 is 0. The fraction of sp³-hybridized carbons (Fsp3) is 0.571. The second-order valence-corrected chi connectivity index (χ2v) is 7.49. The van der Waals surface area contributed by atoms with Gasteiger partial charge in [-0.25, -0.2) is 4.79 Å². The number of carbonyl (C=O) groups is 3. The summed E-state index contributed by atoms with van der Waals surface area (Å²) in [6.45, 7) is 4.71. The lowest BCUT2D eigenvalue weighted by atomic mass is 9.96. The Morgan fingerprint density at radius 2 is 1.65 bits per heavy atom. The lowest BCUT2D eigenvalue weighted by molar-refractivity contribution is -0.287. The number of hydrogen-bond donors (Lipinski definition) is 4. The van der Waals surface area contributed by atoms with Crippen LogP contribution in [0.2, 0.25) is 0 Å². The number of esters is 2. The van der Waals surface area contributed by atoms with E-state index < -0.39 is 60.4 Å². The van der Waals surface area contributed by atoms with E-state index in [1.165, 1.54) is 0 Å². The molecule has 0 aromatic heterocycles. The molecule has 0 bridgehead atoms. The van der Waals surface area contributed by atoms with Gasteiger partial charge in [-0.1, -0.05) is 31.2 Å². The van der Waals surface area contributed by atoms with Crippen molar-refractivity contribution in [3.05, 3.63) is 35.4 Å². The maximum atomic E-state index is 12.5. The standard InChI is InChI=1S/C21H28O10/c1-4-29-20(28)17-15(23)14(22)16(24)21(30-17)31-19(27)11(3)13-7-5-12(6-8-13)9-10(2)18(25)26/h5-8,10-11,14-17,21-24H,4,9H2,1-3H3,(H,25,26)/t10-,11-,14-,15-,16+,17-,21-/m0/s1. The molecule has 31 heavy (non-hydrogen) atoms. The zero-order valence-corrected chi connectivity index (χ0v) is 17.5. The van der Waals surface area contributed by atoms with Crippen LogP contribution in [-0.2, 0) is 35.0 Å². The molecule has 0 saturated carbocycles. The molecule has 1 aliphatic heterocycles. The first-order chi connectivity index (χ1) is 14.6. The van der Waals surface area contributed by atoms with Crippen molar-refractivity contribution in [2.75, 3.05) is 6.61 Å². The molecule has 0 aliphatic carbocycles. The zero-order chi connectivity index (χ0) is 23.3. The van der Waals surface area contributed by atoms with Gasteiger partial charge in [-0.3, -0.25) is 9.59 Å². The van der Waals surface area contributed by atoms with Crippen molar-refractivity contribution in [3.8, 4) is 0 Å². The van der Waals surface area contributed by atoms with E-state index in [0.717, 1.165) is 5.56 Å². The maximum absolute atomic E-state index is 12.5. The Morgan fingerprint density at radius 3 is 2.19 bits per heavy atom. The third-order valence-corrected chi connectivity index (χ3v) is 5.12. The molecule has 10 heteroatoms. The zero-order valence-electron chi connectivity index (χ0n) is 17.5. The molecule has 2 rings (SSSR count). The van der Waals surface area contributed by atoms with E-state index in [9.17, 15) is 29.7 Å². The van der Waals surface area contributed by atoms with Crippen LogP contribution in [0.4, 0.5) is 0 Å². The highest BCUT2D eigenvalue weighted by atomic mass is 16.7. The van der Waals surface area contributed by atoms with Gasteiger partial charge < -0.3 is 34.6 Å². The average molecular weight is 440 g/mol. The van der Waals surface area contributed by atoms with Crippen LogP contribution in [-0.4, -0.2) is 75.6 Å². The predicted molar refractivity (Wildman–Crippen MR) is 105 cm³/mol. The van der Waals surface area contributed by atoms with Gasteiger partial charge in [0.2, 0.25) is 6.29 Å². The fourth-order valence-corrected chi connectivity index (χ4v) is 3.10. The summed E-state index contributed by atoms with van der Waals surface area (Å²) in [5.41, 5.74) is 1.36. The van der Waals surface area contributed by atoms with Crippen LogP contribution in [0, 0.1) is 5.92 Å². The first kappa shape index (κ1) is 24.7. The highest BCUT2D eigenvalue weighted by Gasteiger charge is 2.49. The van der Waals surface area contributed by atoms with Gasteiger partial charge in [0.15, 0.2) is 6.10 Å². The van der Waals surface area contributed by atoms with Crippen LogP contribution < -0.4 is 0 Å². The van der Waals surface area contributed by atoms with Gasteiger partial charge in [0, 0.05) is 0 Å². The normalized spacial score (nSPS) is 27.7. The van der Waals surface area contributed by atoms with E-state index in [1.54, 1.807) is 45.0 Å². The van der Waals surface area contributed by atoms with Crippen molar-refractivity contribution in [1.29, 1.82) is 0 Å². The van der Waals surface area contributed by atoms with E-state index in [0.29, 0.717) is 12.0 Å². The molecule has 1 heterocycles. The summed E-state index contributed by atoms with van der Waals surface area (Å²) in [5.74, 6) is -3.98. The number of rotatable bonds is 8. The molecule has 0 unspecified atom stereocenters. The largest absolute Gasteiger partial charge is 0.481 e. The molecular formula is C21H28O10. The predicted octanol–water partition coefficient (Wildman–Crippen LogP) is -0.0328. The monoisotopic (exact) mass is 440 g/mol. The first-order valence-corrected chi connectivity index (χ1v) is 9.95. The molecule has 10 nitrogen and oxygen atoms in total. The molecule has 7 atom stereocenters. The minimum absolute atomic E-state index is 0.00673. The lowest BCUT2D eigenvalue weighted by Crippen LogP contribution is -2.61. The molecule has 1 fully saturated rings. The van der Waals surface area contributed by atoms with Gasteiger partial charge in [0.25, 0.3) is 0 Å². The molecule has 172 valence electrons. The Kier molecular flexibility index (Phi) is 8.52. The number of aliphatic carboxylic acids is 1. The van der Waals surface area contributed by atoms with E-state index in [-0.39, 0.29) is 6.61 Å². The summed E-state index contributed by atoms with van der Waals surface area (Å²) in [4.78, 5) is 35.4. The Morgan fingerprint density at radius 1 is 1.03 bits per heavy atom. The molecule has 0 radical (unpaired) electrons. The second-order valence-electron chi connectivity index (χ2n) is 7.49. The molecule has 1 aromatic rings. The summed E-state index contributed by atoms with van der Waals surface area (Å²) in [6, 6.07) is 6.74. The van der Waals surface area contributed by atoms with Crippen LogP contribution in [0.15, 0.2) is 24.3 Å². The van der Waals surface area contributed by atoms with E-state index in [2.05, 4.69) is 0 Å². The molecule has 0 spiro atoms. The Labute approximate surface area is 179 Å². The first-order valence-electron chi connectivity index (χ1n) is 9.95. The molecule has 1 aromatic carbocycles. The number of carbonyl (C=O) groups excluding carboxylic acids is 2. The van der Waals surface area contributed by atoms with Crippen molar-refractivity contribution in [2.45, 2.75) is 63.8 Å². The highest BCUT2D eigenvalue weighted by Crippen LogP contribution is 2.26. The summed E-state index contributed by atoms with van der Waals surface area (Å²) in [5, 5.41) is 39.0. The van der Waals surface area contributed by atoms with Crippen molar-refractivity contribution < 1.29 is 49.0 Å². The number of aliphatic hydroxyl groups is 3. The Bertz CT molecular complexity index is 777. The molecular weight excluding hydrogens is 412 g/mol. The van der Waals surface area contributed by atoms with E-state index in [1.807, 2.05) is 0 Å². The highest BCUT2D eigenvalue weighted by molar-refractivity contribution is 5.78. The van der Waals surface area contributed by atoms with E-state index >= 15 is 0 Å². The van der Waals surface area contributed by atoms with Crippen LogP contribution in [0.25, 0.3) is 0 Å². The average Bonchev–Trinajstić information content (AvgIpc) is 2.74. The van der Waals surface area contributed by atoms with Gasteiger partial charge in [0.05, 0.1) is 18.4 Å². The third-order valence-electron chi connectivity index (χ3n) is 5.12. The summed E-state index contributed by atoms with van der Waals surface area (Å²) in [6.07, 6.45) is -8.27. The summed E-state index contributed by atoms with van der Waals surface area (Å²) in [7, 11) is 0. The number of carboxylic acids is 1. The molecule has 4 N–H and O–H groups in total. The van der Waals surface area contributed by atoms with Gasteiger partial charge in [0.1, 0.15) is 18.3 Å². The number of hydrogen-bond acceptors (Lipinski definition) is 9. The van der Waals surface area contributed by atoms with Crippen LogP contribution in [0.1, 0.15) is 37.8 Å². The van der Waals surface area contributed by atoms with Gasteiger partial charge in [-0.15, -0.1) is 0 Å². The molecule has 1 aliphatic rings. The van der Waals surface area contributed by atoms with Crippen molar-refractivity contribution in [1.82, 2.24) is 0 Å². The summed E-state index contributed by atoms with van der Waals surface area (Å²) < 4.78 is 15.1. The number of benzene rings is 1. The Hall–Kier alpha value is -2.53. The van der Waals surface area contributed by atoms with Crippen LogP contribution in [0.5, 0.6) is 0 Å². The van der Waals surface area contributed by atoms with Gasteiger partial charge >= 0.3 is 17.9 Å². The topological polar surface area (TPSA) is 160 Å². The van der Waals surface area contributed by atoms with Crippen LogP contribution in [0.3, 0.4) is 0 Å². The number of carboxylic acid groups (broad SMARTS) is 1. The van der Waals surface area contributed by atoms with Crippen molar-refractivity contribution in [2.24, 2.45) is 5.92 Å². The SMILES string of the molecule is CCOC(=O)[C@H]1O[C@@H](OC(=O)[C@@H](C)c2ccc(C[C@H](C)C(=O)O)cc2)[C@H](O)[C@@H](O)[C@@H]1O. The van der Waals surface area contributed by atoms with Crippen LogP contribution >= 0.6 is 0 Å². The minimum Gasteiger partial charge on any atom is -0.481 e. The smallest absolute Gasteiger partial charge is 0.338 e. The van der Waals surface area contributed by atoms with Gasteiger partial charge in [-0.2, -0.15) is 0 Å². The minimum atomic E-state index is -1.79. The molecule has 1 saturated heterocycles. The van der Waals surface area contributed by atoms with Gasteiger partial charge in [-0.05, 0) is 31.4 Å².